The summed E-state index contributed by atoms with van der Waals surface area (Å²) in [4.78, 5) is 52.6. The number of esters is 1. The molecule has 1 aromatic carbocycles. The fourth-order valence-corrected chi connectivity index (χ4v) is 5.68. The van der Waals surface area contributed by atoms with Crippen molar-refractivity contribution in [3.8, 4) is 0 Å². The van der Waals surface area contributed by atoms with E-state index in [2.05, 4.69) is 5.32 Å². The molecule has 31 heavy (non-hydrogen) atoms. The van der Waals surface area contributed by atoms with E-state index in [0.29, 0.717) is 5.69 Å². The fraction of sp³-hybridized carbons (Fsp3) is 0.583. The molecule has 0 aromatic heterocycles. The largest absolute Gasteiger partial charge is 0.454 e. The summed E-state index contributed by atoms with van der Waals surface area (Å²) in [6.07, 6.45) is 2.90. The van der Waals surface area contributed by atoms with Crippen LogP contribution in [0.2, 0.25) is 0 Å². The molecule has 3 fully saturated rings. The number of rotatable bonds is 6. The summed E-state index contributed by atoms with van der Waals surface area (Å²) >= 11 is 0. The Hall–Kier alpha value is -2.70. The van der Waals surface area contributed by atoms with Crippen LogP contribution in [0.4, 0.5) is 5.69 Å². The predicted molar refractivity (Wildman–Crippen MR) is 114 cm³/mol. The van der Waals surface area contributed by atoms with Crippen molar-refractivity contribution in [2.75, 3.05) is 11.9 Å². The molecule has 1 heterocycles. The van der Waals surface area contributed by atoms with Crippen LogP contribution in [-0.4, -0.2) is 41.2 Å². The van der Waals surface area contributed by atoms with Gasteiger partial charge in [0.05, 0.1) is 11.8 Å². The second-order valence-electron chi connectivity index (χ2n) is 9.52. The second kappa shape index (κ2) is 8.09. The topological polar surface area (TPSA) is 92.8 Å². The maximum absolute atomic E-state index is 13.1. The van der Waals surface area contributed by atoms with E-state index in [9.17, 15) is 19.2 Å². The standard InChI is InChI=1S/C24H30N2O5/c1-12(2)21(26-22(28)19-15-8-9-16(10-15)20(19)23(26)29)24(30)31-11-18(27)25-17-7-5-6-13(3)14(17)4/h5-7,12,15-16,19-21H,8-11H2,1-4H3,(H,25,27)/t15-,16-,19+,20+,21-/m0/s1. The van der Waals surface area contributed by atoms with Crippen molar-refractivity contribution in [1.82, 2.24) is 4.90 Å². The number of amides is 3. The van der Waals surface area contributed by atoms with Crippen molar-refractivity contribution in [2.45, 2.75) is 53.0 Å². The molecule has 3 amide bonds. The second-order valence-corrected chi connectivity index (χ2v) is 9.52. The van der Waals surface area contributed by atoms with Gasteiger partial charge in [0.1, 0.15) is 6.04 Å². The van der Waals surface area contributed by atoms with Gasteiger partial charge in [-0.15, -0.1) is 0 Å². The normalized spacial score (nSPS) is 27.6. The monoisotopic (exact) mass is 426 g/mol. The zero-order valence-electron chi connectivity index (χ0n) is 18.5. The van der Waals surface area contributed by atoms with Crippen LogP contribution in [0.3, 0.4) is 0 Å². The van der Waals surface area contributed by atoms with E-state index in [1.165, 1.54) is 0 Å². The van der Waals surface area contributed by atoms with Gasteiger partial charge in [-0.25, -0.2) is 4.79 Å². The van der Waals surface area contributed by atoms with E-state index in [4.69, 9.17) is 4.74 Å². The minimum absolute atomic E-state index is 0.238. The molecule has 5 atom stereocenters. The number of anilines is 1. The Balaban J connectivity index is 1.42. The van der Waals surface area contributed by atoms with Gasteiger partial charge in [-0.2, -0.15) is 0 Å². The Morgan fingerprint density at radius 3 is 2.29 bits per heavy atom. The van der Waals surface area contributed by atoms with Crippen LogP contribution in [0.15, 0.2) is 18.2 Å². The quantitative estimate of drug-likeness (QED) is 0.558. The minimum atomic E-state index is -1.00. The molecule has 2 saturated carbocycles. The number of nitrogens with zero attached hydrogens (tertiary/aromatic N) is 1. The number of carbonyl (C=O) groups is 4. The highest BCUT2D eigenvalue weighted by molar-refractivity contribution is 6.08. The van der Waals surface area contributed by atoms with Crippen LogP contribution in [0.1, 0.15) is 44.2 Å². The van der Waals surface area contributed by atoms with Gasteiger partial charge in [-0.3, -0.25) is 19.3 Å². The summed E-state index contributed by atoms with van der Waals surface area (Å²) in [5, 5.41) is 2.75. The highest BCUT2D eigenvalue weighted by atomic mass is 16.5. The lowest BCUT2D eigenvalue weighted by molar-refractivity contribution is -0.162. The van der Waals surface area contributed by atoms with Crippen LogP contribution in [0.5, 0.6) is 0 Å². The molecule has 7 heteroatoms. The first-order chi connectivity index (χ1) is 14.7. The number of hydrogen-bond donors (Lipinski definition) is 1. The average Bonchev–Trinajstić information content (AvgIpc) is 3.40. The third-order valence-electron chi connectivity index (χ3n) is 7.34. The lowest BCUT2D eigenvalue weighted by Crippen LogP contribution is -2.50. The summed E-state index contributed by atoms with van der Waals surface area (Å²) in [5.41, 5.74) is 2.64. The van der Waals surface area contributed by atoms with Crippen molar-refractivity contribution in [3.63, 3.8) is 0 Å². The first-order valence-electron chi connectivity index (χ1n) is 11.1. The molecule has 1 aliphatic heterocycles. The zero-order valence-corrected chi connectivity index (χ0v) is 18.5. The number of nitrogens with one attached hydrogen (secondary N) is 1. The predicted octanol–water partition coefficient (Wildman–Crippen LogP) is 2.84. The summed E-state index contributed by atoms with van der Waals surface area (Å²) < 4.78 is 5.27. The number of imide groups is 1. The smallest absolute Gasteiger partial charge is 0.330 e. The van der Waals surface area contributed by atoms with Crippen LogP contribution in [-0.2, 0) is 23.9 Å². The molecule has 0 radical (unpaired) electrons. The molecule has 1 aromatic rings. The van der Waals surface area contributed by atoms with Gasteiger partial charge >= 0.3 is 5.97 Å². The van der Waals surface area contributed by atoms with E-state index in [0.717, 1.165) is 35.3 Å². The lowest BCUT2D eigenvalue weighted by Gasteiger charge is -2.28. The molecule has 166 valence electrons. The van der Waals surface area contributed by atoms with Crippen molar-refractivity contribution in [2.24, 2.45) is 29.6 Å². The molecule has 2 bridgehead atoms. The van der Waals surface area contributed by atoms with E-state index in [-0.39, 0.29) is 41.4 Å². The Labute approximate surface area is 182 Å². The third kappa shape index (κ3) is 3.64. The van der Waals surface area contributed by atoms with Gasteiger partial charge in [0, 0.05) is 5.69 Å². The Morgan fingerprint density at radius 2 is 1.71 bits per heavy atom. The van der Waals surface area contributed by atoms with E-state index in [1.807, 2.05) is 26.0 Å². The summed E-state index contributed by atoms with van der Waals surface area (Å²) in [5.74, 6) is -2.01. The van der Waals surface area contributed by atoms with Crippen LogP contribution < -0.4 is 5.32 Å². The Morgan fingerprint density at radius 1 is 1.10 bits per heavy atom. The van der Waals surface area contributed by atoms with E-state index in [1.54, 1.807) is 19.9 Å². The number of benzene rings is 1. The zero-order chi connectivity index (χ0) is 22.4. The van der Waals surface area contributed by atoms with Crippen LogP contribution >= 0.6 is 0 Å². The Kier molecular flexibility index (Phi) is 5.62. The number of carbonyl (C=O) groups excluding carboxylic acids is 4. The number of fused-ring (bicyclic) bond motifs is 5. The molecular weight excluding hydrogens is 396 g/mol. The van der Waals surface area contributed by atoms with Crippen molar-refractivity contribution >= 4 is 29.4 Å². The first-order valence-corrected chi connectivity index (χ1v) is 11.1. The molecule has 1 N–H and O–H groups in total. The summed E-state index contributed by atoms with van der Waals surface area (Å²) in [6, 6.07) is 4.57. The van der Waals surface area contributed by atoms with E-state index < -0.39 is 24.5 Å². The van der Waals surface area contributed by atoms with Crippen LogP contribution in [0.25, 0.3) is 0 Å². The SMILES string of the molecule is Cc1cccc(NC(=O)COC(=O)[C@H](C(C)C)N2C(=O)[C@@H]3[C@H]4CC[C@@H](C4)[C@H]3C2=O)c1C. The highest BCUT2D eigenvalue weighted by Crippen LogP contribution is 2.56. The van der Waals surface area contributed by atoms with Crippen molar-refractivity contribution < 1.29 is 23.9 Å². The molecule has 2 aliphatic carbocycles. The van der Waals surface area contributed by atoms with Gasteiger partial charge in [-0.1, -0.05) is 26.0 Å². The molecule has 4 rings (SSSR count). The summed E-state index contributed by atoms with van der Waals surface area (Å²) in [7, 11) is 0. The lowest BCUT2D eigenvalue weighted by atomic mass is 9.81. The molecule has 0 spiro atoms. The van der Waals surface area contributed by atoms with Crippen LogP contribution in [0, 0.1) is 43.4 Å². The fourth-order valence-electron chi connectivity index (χ4n) is 5.68. The number of aryl methyl sites for hydroxylation is 1. The molecule has 7 nitrogen and oxygen atoms in total. The van der Waals surface area contributed by atoms with Crippen molar-refractivity contribution in [1.29, 1.82) is 0 Å². The average molecular weight is 427 g/mol. The number of hydrogen-bond acceptors (Lipinski definition) is 5. The first kappa shape index (κ1) is 21.5. The molecule has 0 unspecified atom stereocenters. The molecule has 1 saturated heterocycles. The molecule has 3 aliphatic rings. The number of likely N-dealkylation sites (tertiary alicyclic amines) is 1. The Bertz CT molecular complexity index is 912. The van der Waals surface area contributed by atoms with Gasteiger partial charge in [0.2, 0.25) is 11.8 Å². The van der Waals surface area contributed by atoms with E-state index >= 15 is 0 Å². The van der Waals surface area contributed by atoms with Gasteiger partial charge in [0.15, 0.2) is 6.61 Å². The summed E-state index contributed by atoms with van der Waals surface area (Å²) in [6.45, 7) is 6.95. The minimum Gasteiger partial charge on any atom is -0.454 e. The highest BCUT2D eigenvalue weighted by Gasteiger charge is 2.62. The maximum atomic E-state index is 13.1. The van der Waals surface area contributed by atoms with Gasteiger partial charge in [-0.05, 0) is 68.1 Å². The number of ether oxygens (including phenoxy) is 1. The van der Waals surface area contributed by atoms with Gasteiger partial charge in [0.25, 0.3) is 5.91 Å². The molecular formula is C24H30N2O5. The van der Waals surface area contributed by atoms with Crippen molar-refractivity contribution in [3.05, 3.63) is 29.3 Å². The maximum Gasteiger partial charge on any atom is 0.330 e. The third-order valence-corrected chi connectivity index (χ3v) is 7.34. The van der Waals surface area contributed by atoms with Gasteiger partial charge < -0.3 is 10.1 Å².